The van der Waals surface area contributed by atoms with Gasteiger partial charge in [0.15, 0.2) is 0 Å². The Morgan fingerprint density at radius 1 is 0.750 bits per heavy atom. The second-order valence-corrected chi connectivity index (χ2v) is 3.18. The summed E-state index contributed by atoms with van der Waals surface area (Å²) in [5.41, 5.74) is 0. The Morgan fingerprint density at radius 2 is 1.00 bits per heavy atom. The van der Waals surface area contributed by atoms with Crippen molar-refractivity contribution in [2.45, 2.75) is 74.1 Å². The zero-order chi connectivity index (χ0) is 13.7. The van der Waals surface area contributed by atoms with Crippen LogP contribution in [0.25, 0.3) is 0 Å². The average molecular weight is 235 g/mol. The highest BCUT2D eigenvalue weighted by Crippen LogP contribution is 1.71. The second-order valence-electron chi connectivity index (χ2n) is 3.18. The Bertz CT molecular complexity index is 52.7. The van der Waals surface area contributed by atoms with Crippen molar-refractivity contribution in [3.8, 4) is 0 Å². The molecule has 0 spiro atoms. The number of hydrogen-bond acceptors (Lipinski definition) is 2. The fourth-order valence-corrected chi connectivity index (χ4v) is 0.479. The molecule has 0 fully saturated rings. The molecule has 0 saturated heterocycles. The highest BCUT2D eigenvalue weighted by Gasteiger charge is 1.76. The van der Waals surface area contributed by atoms with Gasteiger partial charge in [-0.15, -0.1) is 0 Å². The molecule has 0 amide bonds. The van der Waals surface area contributed by atoms with E-state index in [9.17, 15) is 0 Å². The highest BCUT2D eigenvalue weighted by molar-refractivity contribution is 4.39. The molecule has 2 heteroatoms. The molecule has 0 heterocycles. The Hall–Kier alpha value is -0.0800. The van der Waals surface area contributed by atoms with Crippen molar-refractivity contribution in [2.24, 2.45) is 0 Å². The molecule has 0 aliphatic rings. The van der Waals surface area contributed by atoms with Crippen LogP contribution in [0.15, 0.2) is 0 Å². The van der Waals surface area contributed by atoms with E-state index in [2.05, 4.69) is 33.0 Å². The summed E-state index contributed by atoms with van der Waals surface area (Å²) in [6.45, 7) is 17.2. The Labute approximate surface area is 105 Å². The van der Waals surface area contributed by atoms with Gasteiger partial charge >= 0.3 is 0 Å². The molecule has 2 N–H and O–H groups in total. The first kappa shape index (κ1) is 24.9. The van der Waals surface area contributed by atoms with Gasteiger partial charge in [0, 0.05) is 6.61 Å². The van der Waals surface area contributed by atoms with Crippen LogP contribution >= 0.6 is 0 Å². The van der Waals surface area contributed by atoms with E-state index >= 15 is 0 Å². The molecular formula is C14H37NO. The molecule has 2 nitrogen and oxygen atoms in total. The minimum atomic E-state index is 0.319. The summed E-state index contributed by atoms with van der Waals surface area (Å²) >= 11 is 0. The van der Waals surface area contributed by atoms with Crippen LogP contribution in [0, 0.1) is 0 Å². The van der Waals surface area contributed by atoms with Gasteiger partial charge in [0.1, 0.15) is 0 Å². The predicted molar refractivity (Wildman–Crippen MR) is 78.1 cm³/mol. The Kier molecular flexibility index (Phi) is 71.8. The van der Waals surface area contributed by atoms with Crippen LogP contribution in [-0.2, 0) is 0 Å². The van der Waals surface area contributed by atoms with E-state index in [0.717, 1.165) is 6.42 Å². The molecule has 0 aliphatic carbocycles. The number of aliphatic hydroxyl groups is 1. The molecule has 0 aromatic carbocycles. The van der Waals surface area contributed by atoms with Crippen molar-refractivity contribution in [3.05, 3.63) is 0 Å². The molecule has 0 rings (SSSR count). The van der Waals surface area contributed by atoms with Crippen LogP contribution in [0.2, 0.25) is 0 Å². The molecule has 0 aromatic rings. The summed E-state index contributed by atoms with van der Waals surface area (Å²) in [7, 11) is 0. The Morgan fingerprint density at radius 3 is 1.12 bits per heavy atom. The summed E-state index contributed by atoms with van der Waals surface area (Å²) in [5, 5.41) is 11.2. The van der Waals surface area contributed by atoms with Crippen LogP contribution in [0.3, 0.4) is 0 Å². The van der Waals surface area contributed by atoms with Gasteiger partial charge < -0.3 is 10.4 Å². The van der Waals surface area contributed by atoms with Crippen LogP contribution < -0.4 is 5.32 Å². The topological polar surface area (TPSA) is 32.3 Å². The van der Waals surface area contributed by atoms with Crippen LogP contribution in [0.4, 0.5) is 0 Å². The lowest BCUT2D eigenvalue weighted by Crippen LogP contribution is -2.14. The summed E-state index contributed by atoms with van der Waals surface area (Å²) in [6, 6.07) is 0. The van der Waals surface area contributed by atoms with Gasteiger partial charge in [-0.05, 0) is 32.4 Å². The summed E-state index contributed by atoms with van der Waals surface area (Å²) in [6.07, 6.45) is 4.62. The number of hydrogen-bond donors (Lipinski definition) is 2. The lowest BCUT2D eigenvalue weighted by molar-refractivity contribution is 0.295. The summed E-state index contributed by atoms with van der Waals surface area (Å²) in [4.78, 5) is 0. The maximum Gasteiger partial charge on any atom is 0.0428 e. The average Bonchev–Trinajstić information content (AvgIpc) is 2.34. The van der Waals surface area contributed by atoms with Gasteiger partial charge in [-0.1, -0.05) is 54.9 Å². The van der Waals surface area contributed by atoms with Gasteiger partial charge in [0.2, 0.25) is 0 Å². The Balaban J connectivity index is -0.0000000685. The quantitative estimate of drug-likeness (QED) is 0.699. The molecule has 0 aromatic heterocycles. The standard InChI is InChI=1S/C6H15N.C3H8O.C3H8.C2H6/c1-3-5-7-6-4-2;1-2-3-4;1-3-2;1-2/h7H,3-6H2,1-2H3;4H,2-3H2,1H3;3H2,1-2H3;1-2H3. The van der Waals surface area contributed by atoms with Crippen LogP contribution in [-0.4, -0.2) is 24.8 Å². The van der Waals surface area contributed by atoms with Crippen molar-refractivity contribution in [1.29, 1.82) is 0 Å². The van der Waals surface area contributed by atoms with Crippen LogP contribution in [0.1, 0.15) is 74.1 Å². The number of nitrogens with one attached hydrogen (secondary N) is 1. The first-order valence-electron chi connectivity index (χ1n) is 7.06. The van der Waals surface area contributed by atoms with Gasteiger partial charge in [0.25, 0.3) is 0 Å². The smallest absolute Gasteiger partial charge is 0.0428 e. The first-order valence-corrected chi connectivity index (χ1v) is 7.06. The summed E-state index contributed by atoms with van der Waals surface area (Å²) in [5.74, 6) is 0. The third-order valence-corrected chi connectivity index (χ3v) is 1.08. The monoisotopic (exact) mass is 235 g/mol. The maximum absolute atomic E-state index is 7.88. The first-order chi connectivity index (χ1) is 7.74. The second kappa shape index (κ2) is 46.1. The zero-order valence-corrected chi connectivity index (χ0v) is 12.9. The highest BCUT2D eigenvalue weighted by atomic mass is 16.2. The van der Waals surface area contributed by atoms with Gasteiger partial charge in [-0.25, -0.2) is 0 Å². The van der Waals surface area contributed by atoms with Crippen molar-refractivity contribution in [1.82, 2.24) is 5.32 Å². The zero-order valence-electron chi connectivity index (χ0n) is 12.9. The van der Waals surface area contributed by atoms with Crippen molar-refractivity contribution < 1.29 is 5.11 Å². The molecule has 16 heavy (non-hydrogen) atoms. The third kappa shape index (κ3) is 96.0. The molecule has 0 unspecified atom stereocenters. The SMILES string of the molecule is CC.CCC.CCCNCCC.CCCO. The summed E-state index contributed by atoms with van der Waals surface area (Å²) < 4.78 is 0. The maximum atomic E-state index is 7.88. The molecule has 0 atom stereocenters. The third-order valence-electron chi connectivity index (χ3n) is 1.08. The van der Waals surface area contributed by atoms with E-state index in [1.165, 1.54) is 32.4 Å². The van der Waals surface area contributed by atoms with Gasteiger partial charge in [0.05, 0.1) is 0 Å². The lowest BCUT2D eigenvalue weighted by Gasteiger charge is -1.95. The molecular weight excluding hydrogens is 198 g/mol. The predicted octanol–water partition coefficient (Wildman–Crippen LogP) is 4.23. The van der Waals surface area contributed by atoms with Crippen LogP contribution in [0.5, 0.6) is 0 Å². The van der Waals surface area contributed by atoms with E-state index in [-0.39, 0.29) is 0 Å². The fourth-order valence-electron chi connectivity index (χ4n) is 0.479. The van der Waals surface area contributed by atoms with Crippen molar-refractivity contribution >= 4 is 0 Å². The van der Waals surface area contributed by atoms with E-state index < -0.39 is 0 Å². The van der Waals surface area contributed by atoms with E-state index in [0.29, 0.717) is 6.61 Å². The minimum Gasteiger partial charge on any atom is -0.396 e. The van der Waals surface area contributed by atoms with Crippen molar-refractivity contribution in [2.75, 3.05) is 19.7 Å². The van der Waals surface area contributed by atoms with Gasteiger partial charge in [-0.3, -0.25) is 0 Å². The van der Waals surface area contributed by atoms with Gasteiger partial charge in [-0.2, -0.15) is 0 Å². The van der Waals surface area contributed by atoms with E-state index in [1.54, 1.807) is 0 Å². The molecule has 0 aliphatic heterocycles. The molecule has 0 bridgehead atoms. The fraction of sp³-hybridized carbons (Fsp3) is 1.00. The molecule has 104 valence electrons. The van der Waals surface area contributed by atoms with E-state index in [1.807, 2.05) is 20.8 Å². The largest absolute Gasteiger partial charge is 0.396 e. The molecule has 0 radical (unpaired) electrons. The molecule has 0 saturated carbocycles. The van der Waals surface area contributed by atoms with Crippen molar-refractivity contribution in [3.63, 3.8) is 0 Å². The normalized spacial score (nSPS) is 7.50. The lowest BCUT2D eigenvalue weighted by atomic mass is 10.4. The van der Waals surface area contributed by atoms with E-state index in [4.69, 9.17) is 5.11 Å². The number of aliphatic hydroxyl groups excluding tert-OH is 1. The number of rotatable bonds is 5. The minimum absolute atomic E-state index is 0.319.